The van der Waals surface area contributed by atoms with Crippen molar-refractivity contribution in [2.24, 2.45) is 0 Å². The standard InChI is InChI=1S/C12H22O2/c1-3-9-13-11-5-7-12(8-6-11)14-10-4-2/h3,11-12H,1,4-10H2,2H3. The second-order valence-electron chi connectivity index (χ2n) is 3.89. The lowest BCUT2D eigenvalue weighted by atomic mass is 9.95. The first-order chi connectivity index (χ1) is 6.86. The van der Waals surface area contributed by atoms with Gasteiger partial charge in [0.15, 0.2) is 0 Å². The van der Waals surface area contributed by atoms with E-state index in [9.17, 15) is 0 Å². The number of hydrogen-bond donors (Lipinski definition) is 0. The van der Waals surface area contributed by atoms with E-state index in [1.54, 1.807) is 0 Å². The molecule has 0 saturated heterocycles. The van der Waals surface area contributed by atoms with Gasteiger partial charge in [0.1, 0.15) is 0 Å². The largest absolute Gasteiger partial charge is 0.378 e. The van der Waals surface area contributed by atoms with Gasteiger partial charge in [-0.15, -0.1) is 6.58 Å². The number of rotatable bonds is 6. The highest BCUT2D eigenvalue weighted by Gasteiger charge is 2.21. The molecular weight excluding hydrogens is 176 g/mol. The van der Waals surface area contributed by atoms with Crippen LogP contribution < -0.4 is 0 Å². The summed E-state index contributed by atoms with van der Waals surface area (Å²) in [7, 11) is 0. The van der Waals surface area contributed by atoms with Crippen molar-refractivity contribution in [1.29, 1.82) is 0 Å². The van der Waals surface area contributed by atoms with Crippen LogP contribution in [0.2, 0.25) is 0 Å². The third-order valence-corrected chi connectivity index (χ3v) is 2.63. The van der Waals surface area contributed by atoms with Gasteiger partial charge in [0.2, 0.25) is 0 Å². The van der Waals surface area contributed by atoms with E-state index in [1.165, 1.54) is 0 Å². The van der Waals surface area contributed by atoms with Crippen LogP contribution in [0.15, 0.2) is 12.7 Å². The molecule has 0 spiro atoms. The molecule has 2 nitrogen and oxygen atoms in total. The predicted molar refractivity (Wildman–Crippen MR) is 58.4 cm³/mol. The van der Waals surface area contributed by atoms with Gasteiger partial charge in [-0.3, -0.25) is 0 Å². The third-order valence-electron chi connectivity index (χ3n) is 2.63. The summed E-state index contributed by atoms with van der Waals surface area (Å²) in [6.45, 7) is 7.39. The Morgan fingerprint density at radius 3 is 2.21 bits per heavy atom. The van der Waals surface area contributed by atoms with E-state index < -0.39 is 0 Å². The normalized spacial score (nSPS) is 27.5. The maximum atomic E-state index is 5.71. The Bertz CT molecular complexity index is 148. The van der Waals surface area contributed by atoms with E-state index in [2.05, 4.69) is 13.5 Å². The maximum absolute atomic E-state index is 5.71. The van der Waals surface area contributed by atoms with Crippen LogP contribution in [-0.4, -0.2) is 25.4 Å². The van der Waals surface area contributed by atoms with Gasteiger partial charge in [-0.25, -0.2) is 0 Å². The van der Waals surface area contributed by atoms with E-state index in [1.807, 2.05) is 6.08 Å². The molecule has 0 atom stereocenters. The molecule has 1 rings (SSSR count). The van der Waals surface area contributed by atoms with E-state index in [0.29, 0.717) is 18.8 Å². The predicted octanol–water partition coefficient (Wildman–Crippen LogP) is 2.93. The Kier molecular flexibility index (Phi) is 5.88. The van der Waals surface area contributed by atoms with Crippen LogP contribution in [0.25, 0.3) is 0 Å². The molecular formula is C12H22O2. The lowest BCUT2D eigenvalue weighted by Crippen LogP contribution is -2.26. The minimum absolute atomic E-state index is 0.439. The monoisotopic (exact) mass is 198 g/mol. The number of ether oxygens (including phenoxy) is 2. The van der Waals surface area contributed by atoms with Gasteiger partial charge in [0.05, 0.1) is 18.8 Å². The van der Waals surface area contributed by atoms with Crippen LogP contribution in [-0.2, 0) is 9.47 Å². The average Bonchev–Trinajstić information content (AvgIpc) is 2.25. The lowest BCUT2D eigenvalue weighted by molar-refractivity contribution is -0.0240. The van der Waals surface area contributed by atoms with Crippen molar-refractivity contribution in [3.63, 3.8) is 0 Å². The first-order valence-corrected chi connectivity index (χ1v) is 5.71. The Hall–Kier alpha value is -0.340. The Morgan fingerprint density at radius 1 is 1.14 bits per heavy atom. The third kappa shape index (κ3) is 4.25. The zero-order chi connectivity index (χ0) is 10.2. The molecule has 0 aromatic rings. The summed E-state index contributed by atoms with van der Waals surface area (Å²) < 4.78 is 11.3. The fourth-order valence-electron chi connectivity index (χ4n) is 1.85. The molecule has 1 aliphatic rings. The zero-order valence-electron chi connectivity index (χ0n) is 9.21. The van der Waals surface area contributed by atoms with Crippen LogP contribution >= 0.6 is 0 Å². The van der Waals surface area contributed by atoms with Crippen LogP contribution in [0.1, 0.15) is 39.0 Å². The molecule has 1 saturated carbocycles. The molecule has 0 aromatic carbocycles. The van der Waals surface area contributed by atoms with E-state index in [0.717, 1.165) is 38.7 Å². The second kappa shape index (κ2) is 7.02. The SMILES string of the molecule is C=CCOC1CCC(OCCC)CC1. The van der Waals surface area contributed by atoms with Crippen LogP contribution in [0.5, 0.6) is 0 Å². The van der Waals surface area contributed by atoms with Crippen molar-refractivity contribution in [1.82, 2.24) is 0 Å². The molecule has 14 heavy (non-hydrogen) atoms. The van der Waals surface area contributed by atoms with Crippen molar-refractivity contribution < 1.29 is 9.47 Å². The molecule has 0 amide bonds. The van der Waals surface area contributed by atoms with E-state index in [4.69, 9.17) is 9.47 Å². The second-order valence-corrected chi connectivity index (χ2v) is 3.89. The van der Waals surface area contributed by atoms with Crippen molar-refractivity contribution in [3.05, 3.63) is 12.7 Å². The summed E-state index contributed by atoms with van der Waals surface area (Å²) in [5.74, 6) is 0. The summed E-state index contributed by atoms with van der Waals surface area (Å²) >= 11 is 0. The Balaban J connectivity index is 2.08. The summed E-state index contributed by atoms with van der Waals surface area (Å²) in [6.07, 6.45) is 8.45. The summed E-state index contributed by atoms with van der Waals surface area (Å²) in [5, 5.41) is 0. The van der Waals surface area contributed by atoms with Crippen molar-refractivity contribution >= 4 is 0 Å². The minimum Gasteiger partial charge on any atom is -0.378 e. The molecule has 0 N–H and O–H groups in total. The molecule has 2 heteroatoms. The van der Waals surface area contributed by atoms with Gasteiger partial charge < -0.3 is 9.47 Å². The lowest BCUT2D eigenvalue weighted by Gasteiger charge is -2.28. The fourth-order valence-corrected chi connectivity index (χ4v) is 1.85. The van der Waals surface area contributed by atoms with Crippen molar-refractivity contribution in [2.45, 2.75) is 51.2 Å². The summed E-state index contributed by atoms with van der Waals surface area (Å²) in [6, 6.07) is 0. The smallest absolute Gasteiger partial charge is 0.0648 e. The topological polar surface area (TPSA) is 18.5 Å². The van der Waals surface area contributed by atoms with Crippen molar-refractivity contribution in [2.75, 3.05) is 13.2 Å². The highest BCUT2D eigenvalue weighted by atomic mass is 16.5. The van der Waals surface area contributed by atoms with Crippen molar-refractivity contribution in [3.8, 4) is 0 Å². The molecule has 0 unspecified atom stereocenters. The molecule has 1 fully saturated rings. The Labute approximate surface area is 87.3 Å². The van der Waals surface area contributed by atoms with Gasteiger partial charge in [-0.05, 0) is 32.1 Å². The highest BCUT2D eigenvalue weighted by molar-refractivity contribution is 4.75. The highest BCUT2D eigenvalue weighted by Crippen LogP contribution is 2.23. The maximum Gasteiger partial charge on any atom is 0.0648 e. The molecule has 0 radical (unpaired) electrons. The van der Waals surface area contributed by atoms with Crippen LogP contribution in [0.4, 0.5) is 0 Å². The first kappa shape index (κ1) is 11.7. The molecule has 0 bridgehead atoms. The molecule has 0 heterocycles. The fraction of sp³-hybridized carbons (Fsp3) is 0.833. The quantitative estimate of drug-likeness (QED) is 0.611. The van der Waals surface area contributed by atoms with Crippen LogP contribution in [0.3, 0.4) is 0 Å². The molecule has 1 aliphatic carbocycles. The van der Waals surface area contributed by atoms with Gasteiger partial charge in [-0.2, -0.15) is 0 Å². The minimum atomic E-state index is 0.439. The Morgan fingerprint density at radius 2 is 1.71 bits per heavy atom. The van der Waals surface area contributed by atoms with Gasteiger partial charge in [-0.1, -0.05) is 13.0 Å². The van der Waals surface area contributed by atoms with E-state index in [-0.39, 0.29) is 0 Å². The first-order valence-electron chi connectivity index (χ1n) is 5.71. The zero-order valence-corrected chi connectivity index (χ0v) is 9.21. The van der Waals surface area contributed by atoms with E-state index >= 15 is 0 Å². The van der Waals surface area contributed by atoms with Gasteiger partial charge >= 0.3 is 0 Å². The molecule has 0 aliphatic heterocycles. The molecule has 82 valence electrons. The number of hydrogen-bond acceptors (Lipinski definition) is 2. The van der Waals surface area contributed by atoms with Gasteiger partial charge in [0, 0.05) is 6.61 Å². The summed E-state index contributed by atoms with van der Waals surface area (Å²) in [5.41, 5.74) is 0. The van der Waals surface area contributed by atoms with Gasteiger partial charge in [0.25, 0.3) is 0 Å². The van der Waals surface area contributed by atoms with Crippen LogP contribution in [0, 0.1) is 0 Å². The molecule has 0 aromatic heterocycles. The summed E-state index contributed by atoms with van der Waals surface area (Å²) in [4.78, 5) is 0. The average molecular weight is 198 g/mol.